The van der Waals surface area contributed by atoms with Gasteiger partial charge >= 0.3 is 10.2 Å². The van der Waals surface area contributed by atoms with Crippen LogP contribution in [0.5, 0.6) is 11.5 Å². The van der Waals surface area contributed by atoms with E-state index in [2.05, 4.69) is 24.6 Å². The highest BCUT2D eigenvalue weighted by atomic mass is 35.5. The average Bonchev–Trinajstić information content (AvgIpc) is 3.75. The lowest BCUT2D eigenvalue weighted by Gasteiger charge is -2.29. The second kappa shape index (κ2) is 18.4. The van der Waals surface area contributed by atoms with Gasteiger partial charge in [0, 0.05) is 59.3 Å². The molecule has 0 bridgehead atoms. The molecule has 0 unspecified atom stereocenters. The van der Waals surface area contributed by atoms with Crippen LogP contribution in [0.4, 0.5) is 0 Å². The number of halogens is 1. The Morgan fingerprint density at radius 2 is 1.81 bits per heavy atom. The van der Waals surface area contributed by atoms with Crippen molar-refractivity contribution in [2.45, 2.75) is 109 Å². The van der Waals surface area contributed by atoms with E-state index in [-0.39, 0.29) is 42.9 Å². The van der Waals surface area contributed by atoms with E-state index in [1.807, 2.05) is 60.8 Å². The fourth-order valence-electron chi connectivity index (χ4n) is 9.40. The number of Topliss-reactive ketones (excluding diaryl/α,β-unsaturated/α-hetero) is 1. The number of benzene rings is 2. The zero-order valence-corrected chi connectivity index (χ0v) is 38.3. The molecule has 1 N–H and O–H groups in total. The minimum atomic E-state index is -4.08. The van der Waals surface area contributed by atoms with Crippen LogP contribution in [-0.2, 0) is 31.0 Å². The molecule has 1 aliphatic carbocycles. The molecule has 15 heteroatoms. The highest BCUT2D eigenvalue weighted by Gasteiger charge is 2.61. The summed E-state index contributed by atoms with van der Waals surface area (Å²) < 4.78 is 43.0. The van der Waals surface area contributed by atoms with Gasteiger partial charge in [0.2, 0.25) is 11.8 Å². The summed E-state index contributed by atoms with van der Waals surface area (Å²) >= 11 is 7.76. The van der Waals surface area contributed by atoms with Crippen molar-refractivity contribution in [1.82, 2.24) is 23.9 Å². The summed E-state index contributed by atoms with van der Waals surface area (Å²) in [6, 6.07) is 12.3. The number of aromatic nitrogens is 2. The first-order valence-electron chi connectivity index (χ1n) is 21.9. The molecule has 8 rings (SSSR count). The SMILES string of the molecule is COc1ccc2c(O[C@@H]3C[C@H]4C(=O)C[C@]5(C(=O)NS(=O)(=O)N6CCCC6)C[C@H]5/C=C\CCCCC[C@H](Cc5ccc(Cl)cc5)C(=O)N4C3)cc(-c3nc(C(C)C)cs3)nc2c1C. The Kier molecular flexibility index (Phi) is 13.1. The van der Waals surface area contributed by atoms with Gasteiger partial charge in [0.15, 0.2) is 5.78 Å². The molecule has 0 radical (unpaired) electrons. The van der Waals surface area contributed by atoms with E-state index in [1.165, 1.54) is 15.6 Å². The van der Waals surface area contributed by atoms with Gasteiger partial charge in [-0.3, -0.25) is 14.4 Å². The van der Waals surface area contributed by atoms with Crippen LogP contribution in [-0.4, -0.2) is 84.1 Å². The molecule has 2 saturated heterocycles. The Bertz CT molecular complexity index is 2470. The van der Waals surface area contributed by atoms with Gasteiger partial charge in [-0.15, -0.1) is 11.3 Å². The smallest absolute Gasteiger partial charge is 0.303 e. The first-order valence-corrected chi connectivity index (χ1v) is 24.6. The van der Waals surface area contributed by atoms with Gasteiger partial charge in [0.1, 0.15) is 28.3 Å². The van der Waals surface area contributed by atoms with E-state index >= 15 is 4.79 Å². The lowest BCUT2D eigenvalue weighted by molar-refractivity contribution is -0.142. The molecule has 2 aromatic heterocycles. The van der Waals surface area contributed by atoms with Gasteiger partial charge in [-0.1, -0.05) is 62.6 Å². The van der Waals surface area contributed by atoms with E-state index < -0.39 is 39.6 Å². The number of hydrogen-bond donors (Lipinski definition) is 1. The molecule has 62 heavy (non-hydrogen) atoms. The number of nitrogens with one attached hydrogen (secondary N) is 1. The minimum absolute atomic E-state index is 0.135. The Morgan fingerprint density at radius 3 is 2.53 bits per heavy atom. The van der Waals surface area contributed by atoms with E-state index in [1.54, 1.807) is 12.0 Å². The molecule has 2 amide bonds. The van der Waals surface area contributed by atoms with E-state index in [0.717, 1.165) is 65.7 Å². The Morgan fingerprint density at radius 1 is 1.03 bits per heavy atom. The monoisotopic (exact) mass is 901 g/mol. The van der Waals surface area contributed by atoms with Crippen LogP contribution in [0.2, 0.25) is 5.02 Å². The molecule has 5 atom stereocenters. The van der Waals surface area contributed by atoms with Gasteiger partial charge in [-0.05, 0) is 93.5 Å². The van der Waals surface area contributed by atoms with Crippen molar-refractivity contribution in [2.75, 3.05) is 26.7 Å². The highest BCUT2D eigenvalue weighted by molar-refractivity contribution is 7.87. The lowest BCUT2D eigenvalue weighted by Crippen LogP contribution is -2.48. The van der Waals surface area contributed by atoms with Crippen molar-refractivity contribution >= 4 is 61.6 Å². The molecule has 4 aromatic rings. The number of methoxy groups -OCH3 is 1. The number of rotatable bonds is 10. The molecule has 1 saturated carbocycles. The number of allylic oxidation sites excluding steroid dienone is 2. The third-order valence-corrected chi connectivity index (χ3v) is 15.8. The normalized spacial score (nSPS) is 25.5. The summed E-state index contributed by atoms with van der Waals surface area (Å²) in [6.07, 6.45) is 9.82. The molecule has 330 valence electrons. The van der Waals surface area contributed by atoms with Crippen LogP contribution in [0, 0.1) is 24.2 Å². The van der Waals surface area contributed by atoms with Gasteiger partial charge < -0.3 is 14.4 Å². The third kappa shape index (κ3) is 9.30. The van der Waals surface area contributed by atoms with Crippen LogP contribution in [0.15, 0.2) is 60.0 Å². The second-order valence-corrected chi connectivity index (χ2v) is 20.7. The van der Waals surface area contributed by atoms with Crippen molar-refractivity contribution in [3.63, 3.8) is 0 Å². The molecular weight excluding hydrogens is 846 g/mol. The van der Waals surface area contributed by atoms with E-state index in [4.69, 9.17) is 31.0 Å². The molecular formula is C47H56ClN5O7S2. The predicted molar refractivity (Wildman–Crippen MR) is 242 cm³/mol. The number of nitrogens with zero attached hydrogens (tertiary/aromatic N) is 4. The topological polar surface area (TPSA) is 148 Å². The number of carbonyl (C=O) groups excluding carboxylic acids is 3. The number of pyridine rings is 1. The Labute approximate surface area is 373 Å². The number of ether oxygens (including phenoxy) is 2. The number of amides is 2. The predicted octanol–water partition coefficient (Wildman–Crippen LogP) is 8.60. The summed E-state index contributed by atoms with van der Waals surface area (Å²) in [7, 11) is -2.45. The summed E-state index contributed by atoms with van der Waals surface area (Å²) in [5.74, 6) is -0.311. The Balaban J connectivity index is 1.15. The Hall–Kier alpha value is -4.37. The van der Waals surface area contributed by atoms with Crippen LogP contribution < -0.4 is 14.2 Å². The molecule has 2 aromatic carbocycles. The maximum Gasteiger partial charge on any atom is 0.303 e. The van der Waals surface area contributed by atoms with Crippen LogP contribution in [0.25, 0.3) is 21.6 Å². The zero-order valence-electron chi connectivity index (χ0n) is 35.9. The number of carbonyl (C=O) groups is 3. The standard InChI is InChI=1S/C47H56ClN5O7S2/c1-29(2)38-28-61-44(50-38)37-24-42(36-18-19-41(59-4)30(3)43(36)49-37)60-35-23-39-40(54)26-47(46(56)51-62(57,58)52-20-10-11-21-52)25-33(47)13-9-7-5-6-8-12-32(45(55)53(39)27-35)22-31-14-16-34(48)17-15-31/h9,13-19,24,28-29,32-33,35,39H,5-8,10-12,20-23,25-27H2,1-4H3,(H,51,56)/b13-9-/t32-,33-,35-,39+,47-/m1/s1. The van der Waals surface area contributed by atoms with Gasteiger partial charge in [-0.25, -0.2) is 14.7 Å². The minimum Gasteiger partial charge on any atom is -0.496 e. The van der Waals surface area contributed by atoms with Crippen molar-refractivity contribution in [2.24, 2.45) is 17.3 Å². The summed E-state index contributed by atoms with van der Waals surface area (Å²) in [4.78, 5) is 55.7. The number of hydrogen-bond acceptors (Lipinski definition) is 10. The summed E-state index contributed by atoms with van der Waals surface area (Å²) in [5.41, 5.74) is 2.89. The fourth-order valence-corrected chi connectivity index (χ4v) is 11.8. The third-order valence-electron chi connectivity index (χ3n) is 13.1. The number of fused-ring (bicyclic) bond motifs is 3. The van der Waals surface area contributed by atoms with Gasteiger partial charge in [0.05, 0.1) is 36.3 Å². The average molecular weight is 903 g/mol. The van der Waals surface area contributed by atoms with Crippen LogP contribution >= 0.6 is 22.9 Å². The van der Waals surface area contributed by atoms with Crippen molar-refractivity contribution < 1.29 is 32.3 Å². The molecule has 3 fully saturated rings. The van der Waals surface area contributed by atoms with Gasteiger partial charge in [-0.2, -0.15) is 12.7 Å². The van der Waals surface area contributed by atoms with Crippen molar-refractivity contribution in [1.29, 1.82) is 0 Å². The molecule has 0 spiro atoms. The maximum atomic E-state index is 15.0. The maximum absolute atomic E-state index is 15.0. The number of aryl methyl sites for hydroxylation is 1. The zero-order chi connectivity index (χ0) is 43.8. The summed E-state index contributed by atoms with van der Waals surface area (Å²) in [6.45, 7) is 7.00. The van der Waals surface area contributed by atoms with Crippen molar-refractivity contribution in [3.05, 3.63) is 81.8 Å². The first-order chi connectivity index (χ1) is 29.8. The highest BCUT2D eigenvalue weighted by Crippen LogP contribution is 2.57. The largest absolute Gasteiger partial charge is 0.496 e. The molecule has 12 nitrogen and oxygen atoms in total. The fraction of sp³-hybridized carbons (Fsp3) is 0.511. The molecule has 5 heterocycles. The molecule has 4 aliphatic rings. The van der Waals surface area contributed by atoms with E-state index in [9.17, 15) is 18.0 Å². The number of ketones is 1. The molecule has 3 aliphatic heterocycles. The van der Waals surface area contributed by atoms with Crippen LogP contribution in [0.3, 0.4) is 0 Å². The lowest BCUT2D eigenvalue weighted by atomic mass is 9.90. The first kappa shape index (κ1) is 44.2. The van der Waals surface area contributed by atoms with Gasteiger partial charge in [0.25, 0.3) is 0 Å². The quantitative estimate of drug-likeness (QED) is 0.155. The number of thiazole rings is 1. The summed E-state index contributed by atoms with van der Waals surface area (Å²) in [5, 5.41) is 4.17. The van der Waals surface area contributed by atoms with Crippen molar-refractivity contribution in [3.8, 4) is 22.2 Å². The van der Waals surface area contributed by atoms with Crippen LogP contribution in [0.1, 0.15) is 101 Å². The van der Waals surface area contributed by atoms with E-state index in [0.29, 0.717) is 60.1 Å². The second-order valence-electron chi connectivity index (χ2n) is 17.8.